The van der Waals surface area contributed by atoms with Gasteiger partial charge in [0.05, 0.1) is 17.7 Å². The van der Waals surface area contributed by atoms with Gasteiger partial charge in [0.15, 0.2) is 0 Å². The molecule has 0 fully saturated rings. The normalized spacial score (nSPS) is 11.9. The van der Waals surface area contributed by atoms with Crippen LogP contribution in [0, 0.1) is 6.92 Å². The van der Waals surface area contributed by atoms with Crippen molar-refractivity contribution in [1.82, 2.24) is 10.2 Å². The summed E-state index contributed by atoms with van der Waals surface area (Å²) in [5.41, 5.74) is 1.97. The van der Waals surface area contributed by atoms with Crippen LogP contribution in [0.4, 0.5) is 5.69 Å². The molecule has 38 heavy (non-hydrogen) atoms. The molecule has 1 N–H and O–H groups in total. The fourth-order valence-electron chi connectivity index (χ4n) is 3.98. The minimum Gasteiger partial charge on any atom is -0.497 e. The van der Waals surface area contributed by atoms with Gasteiger partial charge in [0, 0.05) is 13.1 Å². The van der Waals surface area contributed by atoms with Gasteiger partial charge in [-0.2, -0.15) is 0 Å². The van der Waals surface area contributed by atoms with E-state index in [2.05, 4.69) is 5.32 Å². The lowest BCUT2D eigenvalue weighted by Gasteiger charge is -2.32. The average Bonchev–Trinajstić information content (AvgIpc) is 2.93. The van der Waals surface area contributed by atoms with Crippen molar-refractivity contribution >= 4 is 27.5 Å². The Labute approximate surface area is 225 Å². The van der Waals surface area contributed by atoms with Gasteiger partial charge >= 0.3 is 0 Å². The Bertz CT molecular complexity index is 1350. The summed E-state index contributed by atoms with van der Waals surface area (Å²) >= 11 is 0. The molecule has 3 rings (SSSR count). The molecule has 8 nitrogen and oxygen atoms in total. The van der Waals surface area contributed by atoms with Gasteiger partial charge in [-0.3, -0.25) is 13.9 Å². The van der Waals surface area contributed by atoms with Crippen molar-refractivity contribution < 1.29 is 22.7 Å². The number of aryl methyl sites for hydroxylation is 1. The van der Waals surface area contributed by atoms with Crippen molar-refractivity contribution in [2.45, 2.75) is 44.7 Å². The Kier molecular flexibility index (Phi) is 9.90. The molecular formula is C29H35N3O5S. The number of amides is 2. The van der Waals surface area contributed by atoms with Crippen LogP contribution in [0.15, 0.2) is 83.8 Å². The number of benzene rings is 3. The molecule has 0 aromatic heterocycles. The molecule has 0 aliphatic heterocycles. The largest absolute Gasteiger partial charge is 0.497 e. The molecule has 0 aliphatic carbocycles. The van der Waals surface area contributed by atoms with Crippen molar-refractivity contribution in [3.8, 4) is 5.75 Å². The molecule has 0 heterocycles. The van der Waals surface area contributed by atoms with Crippen LogP contribution >= 0.6 is 0 Å². The summed E-state index contributed by atoms with van der Waals surface area (Å²) < 4.78 is 33.9. The molecular weight excluding hydrogens is 502 g/mol. The minimum atomic E-state index is -4.08. The lowest BCUT2D eigenvalue weighted by molar-refractivity contribution is -0.139. The predicted molar refractivity (Wildman–Crippen MR) is 148 cm³/mol. The van der Waals surface area contributed by atoms with E-state index in [-0.39, 0.29) is 17.3 Å². The highest BCUT2D eigenvalue weighted by Crippen LogP contribution is 2.25. The van der Waals surface area contributed by atoms with E-state index in [1.807, 2.05) is 26.0 Å². The molecule has 0 saturated carbocycles. The second-order valence-corrected chi connectivity index (χ2v) is 10.9. The van der Waals surface area contributed by atoms with E-state index < -0.39 is 28.5 Å². The summed E-state index contributed by atoms with van der Waals surface area (Å²) in [6.07, 6.45) is 0.749. The lowest BCUT2D eigenvalue weighted by atomic mass is 10.1. The number of anilines is 1. The SMILES string of the molecule is CCCNC(=O)[C@H](C)N(Cc1cccc(OC)c1)C(=O)CN(c1cccc(C)c1)S(=O)(=O)c1ccccc1. The number of carbonyl (C=O) groups excluding carboxylic acids is 2. The fourth-order valence-corrected chi connectivity index (χ4v) is 5.40. The molecule has 0 aliphatic rings. The van der Waals surface area contributed by atoms with E-state index in [0.717, 1.165) is 21.9 Å². The van der Waals surface area contributed by atoms with Crippen LogP contribution in [0.5, 0.6) is 5.75 Å². The van der Waals surface area contributed by atoms with Crippen molar-refractivity contribution in [1.29, 1.82) is 0 Å². The molecule has 1 atom stereocenters. The Balaban J connectivity index is 2.01. The standard InChI is InChI=1S/C29H35N3O5S/c1-5-17-30-29(34)23(3)31(20-24-12-10-14-26(19-24)37-4)28(33)21-32(25-13-9-11-22(2)18-25)38(35,36)27-15-7-6-8-16-27/h6-16,18-19,23H,5,17,20-21H2,1-4H3,(H,30,34)/t23-/m0/s1. The van der Waals surface area contributed by atoms with Gasteiger partial charge in [-0.25, -0.2) is 8.42 Å². The number of nitrogens with one attached hydrogen (secondary N) is 1. The summed E-state index contributed by atoms with van der Waals surface area (Å²) in [5, 5.41) is 2.83. The summed E-state index contributed by atoms with van der Waals surface area (Å²) in [6.45, 7) is 5.54. The van der Waals surface area contributed by atoms with E-state index in [9.17, 15) is 18.0 Å². The van der Waals surface area contributed by atoms with Gasteiger partial charge in [0.2, 0.25) is 11.8 Å². The first kappa shape index (κ1) is 28.7. The molecule has 0 bridgehead atoms. The maximum absolute atomic E-state index is 13.9. The highest BCUT2D eigenvalue weighted by atomic mass is 32.2. The van der Waals surface area contributed by atoms with Gasteiger partial charge in [-0.05, 0) is 67.8 Å². The highest BCUT2D eigenvalue weighted by Gasteiger charge is 2.32. The van der Waals surface area contributed by atoms with Crippen LogP contribution in [-0.2, 0) is 26.2 Å². The Hall–Kier alpha value is -3.85. The van der Waals surface area contributed by atoms with Crippen LogP contribution in [0.2, 0.25) is 0 Å². The highest BCUT2D eigenvalue weighted by molar-refractivity contribution is 7.92. The van der Waals surface area contributed by atoms with Crippen LogP contribution in [0.3, 0.4) is 0 Å². The zero-order chi connectivity index (χ0) is 27.7. The smallest absolute Gasteiger partial charge is 0.264 e. The van der Waals surface area contributed by atoms with Gasteiger partial charge in [0.1, 0.15) is 18.3 Å². The van der Waals surface area contributed by atoms with E-state index in [4.69, 9.17) is 4.74 Å². The monoisotopic (exact) mass is 537 g/mol. The van der Waals surface area contributed by atoms with Crippen LogP contribution < -0.4 is 14.4 Å². The molecule has 0 saturated heterocycles. The predicted octanol–water partition coefficient (Wildman–Crippen LogP) is 4.14. The van der Waals surface area contributed by atoms with E-state index in [0.29, 0.717) is 18.0 Å². The third-order valence-corrected chi connectivity index (χ3v) is 7.89. The number of methoxy groups -OCH3 is 1. The summed E-state index contributed by atoms with van der Waals surface area (Å²) in [4.78, 5) is 28.3. The van der Waals surface area contributed by atoms with Crippen molar-refractivity contribution in [3.63, 3.8) is 0 Å². The van der Waals surface area contributed by atoms with Crippen molar-refractivity contribution in [2.75, 3.05) is 24.5 Å². The summed E-state index contributed by atoms with van der Waals surface area (Å²) in [7, 11) is -2.53. The molecule has 0 spiro atoms. The van der Waals surface area contributed by atoms with E-state index >= 15 is 0 Å². The molecule has 0 radical (unpaired) electrons. The zero-order valence-electron chi connectivity index (χ0n) is 22.3. The van der Waals surface area contributed by atoms with Crippen LogP contribution in [0.1, 0.15) is 31.4 Å². The molecule has 2 amide bonds. The average molecular weight is 538 g/mol. The van der Waals surface area contributed by atoms with Gasteiger partial charge in [0.25, 0.3) is 10.0 Å². The third kappa shape index (κ3) is 7.13. The van der Waals surface area contributed by atoms with Crippen LogP contribution in [0.25, 0.3) is 0 Å². The first-order valence-electron chi connectivity index (χ1n) is 12.5. The number of rotatable bonds is 12. The molecule has 202 valence electrons. The quantitative estimate of drug-likeness (QED) is 0.375. The maximum atomic E-state index is 13.9. The lowest BCUT2D eigenvalue weighted by Crippen LogP contribution is -2.51. The second-order valence-electron chi connectivity index (χ2n) is 9.00. The first-order valence-corrected chi connectivity index (χ1v) is 14.0. The Morgan fingerprint density at radius 1 is 0.974 bits per heavy atom. The fraction of sp³-hybridized carbons (Fsp3) is 0.310. The molecule has 9 heteroatoms. The molecule has 0 unspecified atom stereocenters. The molecule has 3 aromatic rings. The van der Waals surface area contributed by atoms with Gasteiger partial charge < -0.3 is 15.0 Å². The molecule has 3 aromatic carbocycles. The maximum Gasteiger partial charge on any atom is 0.264 e. The number of hydrogen-bond donors (Lipinski definition) is 1. The van der Waals surface area contributed by atoms with Crippen molar-refractivity contribution in [3.05, 3.63) is 90.0 Å². The van der Waals surface area contributed by atoms with E-state index in [1.54, 1.807) is 68.6 Å². The minimum absolute atomic E-state index is 0.0717. The third-order valence-electron chi connectivity index (χ3n) is 6.10. The number of carbonyl (C=O) groups is 2. The summed E-state index contributed by atoms with van der Waals surface area (Å²) in [6, 6.07) is 21.4. The zero-order valence-corrected chi connectivity index (χ0v) is 23.1. The number of nitrogens with zero attached hydrogens (tertiary/aromatic N) is 2. The van der Waals surface area contributed by atoms with Gasteiger partial charge in [-0.1, -0.05) is 49.4 Å². The Morgan fingerprint density at radius 2 is 1.68 bits per heavy atom. The van der Waals surface area contributed by atoms with Gasteiger partial charge in [-0.15, -0.1) is 0 Å². The number of ether oxygens (including phenoxy) is 1. The van der Waals surface area contributed by atoms with E-state index in [1.165, 1.54) is 17.0 Å². The number of sulfonamides is 1. The second kappa shape index (κ2) is 13.1. The topological polar surface area (TPSA) is 96.0 Å². The van der Waals surface area contributed by atoms with Crippen molar-refractivity contribution in [2.24, 2.45) is 0 Å². The Morgan fingerprint density at radius 3 is 2.34 bits per heavy atom. The number of hydrogen-bond acceptors (Lipinski definition) is 5. The van der Waals surface area contributed by atoms with Crippen LogP contribution in [-0.4, -0.2) is 51.4 Å². The summed E-state index contributed by atoms with van der Waals surface area (Å²) in [5.74, 6) is -0.199. The first-order chi connectivity index (χ1) is 18.2.